The Hall–Kier alpha value is -6.85. The van der Waals surface area contributed by atoms with Crippen LogP contribution in [0.15, 0.2) is 168 Å². The number of furan rings is 1. The number of benzene rings is 7. The molecule has 0 atom stereocenters. The summed E-state index contributed by atoms with van der Waals surface area (Å²) in [6, 6.07) is -22.8. The molecule has 240 valence electrons. The highest BCUT2D eigenvalue weighted by Crippen LogP contribution is 2.40. The van der Waals surface area contributed by atoms with Crippen molar-refractivity contribution in [1.29, 1.82) is 0 Å². The molecule has 0 fully saturated rings. The van der Waals surface area contributed by atoms with Crippen molar-refractivity contribution in [1.82, 2.24) is 19.5 Å². The molecule has 51 heavy (non-hydrogen) atoms. The molecular formula is C46H30N4O. The summed E-state index contributed by atoms with van der Waals surface area (Å²) in [5.41, 5.74) is -6.78. The fourth-order valence-corrected chi connectivity index (χ4v) is 5.58. The number of fused-ring (bicyclic) bond motifs is 6. The molecule has 10 rings (SSSR count). The highest BCUT2D eigenvalue weighted by molar-refractivity contribution is 6.13. The third-order valence-corrected chi connectivity index (χ3v) is 7.79. The second-order valence-electron chi connectivity index (χ2n) is 10.8. The molecule has 0 spiro atoms. The number of hydrogen-bond donors (Lipinski definition) is 0. The number of aromatic nitrogens is 4. The number of nitrogens with zero attached hydrogens (tertiary/aromatic N) is 4. The van der Waals surface area contributed by atoms with E-state index in [1.54, 1.807) is 0 Å². The molecule has 0 aliphatic heterocycles. The summed E-state index contributed by atoms with van der Waals surface area (Å²) < 4.78 is 246. The van der Waals surface area contributed by atoms with Gasteiger partial charge in [0, 0.05) is 32.7 Å². The van der Waals surface area contributed by atoms with Gasteiger partial charge in [-0.2, -0.15) is 9.97 Å². The molecule has 0 N–H and O–H groups in total. The topological polar surface area (TPSA) is 56.7 Å². The minimum Gasteiger partial charge on any atom is -0.455 e. The van der Waals surface area contributed by atoms with Gasteiger partial charge in [0.1, 0.15) is 11.2 Å². The van der Waals surface area contributed by atoms with Gasteiger partial charge in [0.15, 0.2) is 11.6 Å². The van der Waals surface area contributed by atoms with E-state index in [2.05, 4.69) is 15.0 Å². The van der Waals surface area contributed by atoms with Crippen molar-refractivity contribution in [3.63, 3.8) is 0 Å². The van der Waals surface area contributed by atoms with Crippen LogP contribution in [0, 0.1) is 6.92 Å². The Bertz CT molecular complexity index is 4330. The van der Waals surface area contributed by atoms with Crippen LogP contribution in [-0.4, -0.2) is 19.5 Å². The zero-order valence-electron chi connectivity index (χ0n) is 52.7. The summed E-state index contributed by atoms with van der Waals surface area (Å²) in [4.78, 5) is 13.4. The molecule has 7 aromatic carbocycles. The van der Waals surface area contributed by atoms with Crippen molar-refractivity contribution in [2.45, 2.75) is 6.92 Å². The molecular weight excluding hydrogens is 625 g/mol. The van der Waals surface area contributed by atoms with Crippen LogP contribution < -0.4 is 0 Å². The third-order valence-electron chi connectivity index (χ3n) is 7.79. The van der Waals surface area contributed by atoms with E-state index < -0.39 is 247 Å². The maximum atomic E-state index is 9.37. The maximum Gasteiger partial charge on any atom is 0.238 e. The minimum atomic E-state index is -0.996. The second kappa shape index (κ2) is 11.6. The molecule has 0 saturated carbocycles. The molecule has 0 bridgehead atoms. The Morgan fingerprint density at radius 1 is 0.451 bits per heavy atom. The highest BCUT2D eigenvalue weighted by atomic mass is 16.3. The summed E-state index contributed by atoms with van der Waals surface area (Å²) in [7, 11) is 0. The van der Waals surface area contributed by atoms with Gasteiger partial charge in [-0.1, -0.05) is 145 Å². The highest BCUT2D eigenvalue weighted by Gasteiger charge is 2.21. The summed E-state index contributed by atoms with van der Waals surface area (Å²) in [6.07, 6.45) is 0. The standard InChI is InChI=1S/C46H30N4O/c1-29-22-27-41-39(28-29)35-16-8-9-21-40(35)50(41)46-48-44(33-14-6-3-7-15-33)47-45(49-46)38-20-11-19-37-36-18-10-17-34(42(36)51-43(37)38)32-25-23-31(24-26-32)30-12-4-2-5-13-30/h2-28H,1H3/i2D,3D,4D,5D,6D,7D,8D,9D,10D,11D,12D,13D,14D,15D,16D,17D,18D,19D,20D,21D,22D,23D,24D,25D,26D,27D,28D. The fraction of sp³-hybridized carbons (Fsp3) is 0.0217. The maximum absolute atomic E-state index is 9.37. The zero-order chi connectivity index (χ0) is 57.4. The average molecular weight is 682 g/mol. The van der Waals surface area contributed by atoms with Crippen molar-refractivity contribution >= 4 is 43.7 Å². The lowest BCUT2D eigenvalue weighted by molar-refractivity contribution is 0.670. The normalized spacial score (nSPS) is 19.0. The lowest BCUT2D eigenvalue weighted by Gasteiger charge is -2.11. The van der Waals surface area contributed by atoms with Crippen LogP contribution in [0.5, 0.6) is 0 Å². The van der Waals surface area contributed by atoms with E-state index in [1.807, 2.05) is 0 Å². The third kappa shape index (κ3) is 4.82. The van der Waals surface area contributed by atoms with Crippen LogP contribution in [-0.2, 0) is 0 Å². The molecule has 0 radical (unpaired) electrons. The largest absolute Gasteiger partial charge is 0.455 e. The summed E-state index contributed by atoms with van der Waals surface area (Å²) >= 11 is 0. The van der Waals surface area contributed by atoms with Gasteiger partial charge in [0.25, 0.3) is 0 Å². The van der Waals surface area contributed by atoms with Gasteiger partial charge in [-0.3, -0.25) is 4.57 Å². The molecule has 10 aromatic rings. The summed E-state index contributed by atoms with van der Waals surface area (Å²) in [6.45, 7) is 1.34. The Morgan fingerprint density at radius 3 is 1.78 bits per heavy atom. The van der Waals surface area contributed by atoms with Crippen molar-refractivity contribution in [2.75, 3.05) is 0 Å². The van der Waals surface area contributed by atoms with E-state index in [0.29, 0.717) is 0 Å². The van der Waals surface area contributed by atoms with Gasteiger partial charge in [0.05, 0.1) is 53.6 Å². The first-order valence-corrected chi connectivity index (χ1v) is 14.9. The van der Waals surface area contributed by atoms with E-state index in [9.17, 15) is 6.85 Å². The Kier molecular flexibility index (Phi) is 2.92. The van der Waals surface area contributed by atoms with E-state index in [1.165, 1.54) is 6.92 Å². The first kappa shape index (κ1) is 12.8. The van der Waals surface area contributed by atoms with E-state index in [4.69, 9.17) is 34.6 Å². The van der Waals surface area contributed by atoms with Gasteiger partial charge >= 0.3 is 0 Å². The van der Waals surface area contributed by atoms with E-state index in [0.717, 1.165) is 4.57 Å². The van der Waals surface area contributed by atoms with E-state index in [-0.39, 0.29) is 16.3 Å². The van der Waals surface area contributed by atoms with E-state index >= 15 is 0 Å². The Balaban J connectivity index is 1.39. The predicted octanol–water partition coefficient (Wildman–Crippen LogP) is 11.8. The molecule has 0 aliphatic rings. The molecule has 5 nitrogen and oxygen atoms in total. The Labute approximate surface area is 332 Å². The van der Waals surface area contributed by atoms with Gasteiger partial charge in [-0.25, -0.2) is 4.98 Å². The number of rotatable bonds is 5. The number of para-hydroxylation sites is 3. The summed E-state index contributed by atoms with van der Waals surface area (Å²) in [5, 5.41) is -1.75. The fourth-order valence-electron chi connectivity index (χ4n) is 5.58. The molecule has 3 heterocycles. The van der Waals surface area contributed by atoms with Gasteiger partial charge in [-0.15, -0.1) is 0 Å². The van der Waals surface area contributed by atoms with Crippen LogP contribution in [0.3, 0.4) is 0 Å². The monoisotopic (exact) mass is 681 g/mol. The lowest BCUT2D eigenvalue weighted by Crippen LogP contribution is -2.06. The van der Waals surface area contributed by atoms with Crippen molar-refractivity contribution < 1.29 is 41.4 Å². The number of hydrogen-bond acceptors (Lipinski definition) is 4. The second-order valence-corrected chi connectivity index (χ2v) is 10.8. The molecule has 0 aliphatic carbocycles. The molecule has 0 saturated heterocycles. The molecule has 5 heteroatoms. The van der Waals surface area contributed by atoms with Crippen LogP contribution in [0.25, 0.3) is 94.7 Å². The SMILES string of the molecule is [2H]c1c([2H])c([2H])c(-c2nc(-c3c([2H])c([2H])c([2H])c4c3oc3c(-c5c([2H])c([2H])c(-c6c([2H])c([2H])c([2H])c([2H])c6[2H])c([2H])c5[2H])c([2H])c([2H])c([2H])c34)nc(-n3c4c([2H])c([2H])c([2H])c([2H])c4c4c([2H])c(C)c([2H])c([2H])c43)n2)c([2H])c1[2H]. The van der Waals surface area contributed by atoms with Crippen molar-refractivity contribution in [3.05, 3.63) is 169 Å². The first-order chi connectivity index (χ1) is 36.4. The average Bonchev–Trinajstić information content (AvgIpc) is 3.88. The molecule has 0 unspecified atom stereocenters. The van der Waals surface area contributed by atoms with Gasteiger partial charge in [-0.05, 0) is 47.8 Å². The van der Waals surface area contributed by atoms with Crippen molar-refractivity contribution in [2.24, 2.45) is 0 Å². The molecule has 0 amide bonds. The first-order valence-electron chi connectivity index (χ1n) is 28.4. The predicted molar refractivity (Wildman–Crippen MR) is 208 cm³/mol. The van der Waals surface area contributed by atoms with Crippen LogP contribution >= 0.6 is 0 Å². The Morgan fingerprint density at radius 2 is 1.02 bits per heavy atom. The van der Waals surface area contributed by atoms with Crippen LogP contribution in [0.4, 0.5) is 0 Å². The molecule has 3 aromatic heterocycles. The van der Waals surface area contributed by atoms with Gasteiger partial charge in [0.2, 0.25) is 5.95 Å². The van der Waals surface area contributed by atoms with Crippen LogP contribution in [0.2, 0.25) is 0 Å². The zero-order valence-corrected chi connectivity index (χ0v) is 25.7. The quantitative estimate of drug-likeness (QED) is 0.181. The summed E-state index contributed by atoms with van der Waals surface area (Å²) in [5.74, 6) is -2.43. The van der Waals surface area contributed by atoms with Crippen LogP contribution in [0.1, 0.15) is 42.6 Å². The lowest BCUT2D eigenvalue weighted by atomic mass is 9.99. The smallest absolute Gasteiger partial charge is 0.238 e. The van der Waals surface area contributed by atoms with Gasteiger partial charge < -0.3 is 4.42 Å². The van der Waals surface area contributed by atoms with Crippen molar-refractivity contribution in [3.8, 4) is 51.0 Å². The minimum absolute atomic E-state index is 0.0718.